The lowest BCUT2D eigenvalue weighted by molar-refractivity contribution is 0.286. The van der Waals surface area contributed by atoms with Crippen molar-refractivity contribution in [1.82, 2.24) is 9.78 Å². The minimum atomic E-state index is 0.0272. The minimum Gasteiger partial charge on any atom is -0.307 e. The Bertz CT molecular complexity index is 1110. The number of hydrogen-bond donors (Lipinski definition) is 2. The fraction of sp³-hybridized carbons (Fsp3) is 0.360. The summed E-state index contributed by atoms with van der Waals surface area (Å²) in [5.41, 5.74) is 8.30. The first-order chi connectivity index (χ1) is 14.7. The number of nitrogens with zero attached hydrogens (tertiary/aromatic N) is 2. The molecule has 0 aliphatic heterocycles. The third-order valence-corrected chi connectivity index (χ3v) is 6.94. The first kappa shape index (κ1) is 19.1. The molecule has 3 aromatic rings. The summed E-state index contributed by atoms with van der Waals surface area (Å²) in [5.74, 6) is 6.49. The van der Waals surface area contributed by atoms with Gasteiger partial charge in [0, 0.05) is 23.1 Å². The van der Waals surface area contributed by atoms with Gasteiger partial charge in [-0.05, 0) is 42.4 Å². The van der Waals surface area contributed by atoms with Gasteiger partial charge in [0.05, 0.1) is 0 Å². The van der Waals surface area contributed by atoms with Crippen LogP contribution in [0.5, 0.6) is 0 Å². The Hall–Kier alpha value is -2.92. The second-order valence-corrected chi connectivity index (χ2v) is 8.67. The van der Waals surface area contributed by atoms with Gasteiger partial charge in [-0.1, -0.05) is 73.9 Å². The Morgan fingerprint density at radius 3 is 2.50 bits per heavy atom. The number of nitrogens with two attached hydrogens (primary N) is 1. The zero-order chi connectivity index (χ0) is 20.6. The van der Waals surface area contributed by atoms with Gasteiger partial charge in [-0.3, -0.25) is 4.79 Å². The van der Waals surface area contributed by atoms with Crippen LogP contribution < -0.4 is 16.8 Å². The van der Waals surface area contributed by atoms with E-state index >= 15 is 0 Å². The van der Waals surface area contributed by atoms with E-state index in [1.54, 1.807) is 4.68 Å². The first-order valence-electron chi connectivity index (χ1n) is 11.0. The Labute approximate surface area is 176 Å². The van der Waals surface area contributed by atoms with Crippen molar-refractivity contribution in [2.45, 2.75) is 56.9 Å². The van der Waals surface area contributed by atoms with Gasteiger partial charge in [0.2, 0.25) is 0 Å². The summed E-state index contributed by atoms with van der Waals surface area (Å²) in [4.78, 5) is 13.6. The summed E-state index contributed by atoms with van der Waals surface area (Å²) in [6.45, 7) is 0.541. The molecule has 1 heterocycles. The lowest BCUT2D eigenvalue weighted by Crippen LogP contribution is -2.40. The number of hydrazine groups is 1. The first-order valence-corrected chi connectivity index (χ1v) is 11.0. The number of fused-ring (bicyclic) bond motifs is 4. The van der Waals surface area contributed by atoms with Gasteiger partial charge in [0.15, 0.2) is 5.82 Å². The van der Waals surface area contributed by atoms with Crippen LogP contribution in [0.4, 0.5) is 5.82 Å². The van der Waals surface area contributed by atoms with E-state index in [1.807, 2.05) is 24.3 Å². The van der Waals surface area contributed by atoms with Crippen molar-refractivity contribution >= 4 is 5.82 Å². The van der Waals surface area contributed by atoms with Crippen molar-refractivity contribution in [2.24, 2.45) is 5.84 Å². The van der Waals surface area contributed by atoms with Crippen LogP contribution in [0.2, 0.25) is 0 Å². The maximum Gasteiger partial charge on any atom is 0.270 e. The van der Waals surface area contributed by atoms with Crippen molar-refractivity contribution < 1.29 is 0 Å². The topological polar surface area (TPSA) is 72.9 Å². The normalized spacial score (nSPS) is 16.7. The molecule has 2 aliphatic rings. The van der Waals surface area contributed by atoms with E-state index < -0.39 is 0 Å². The molecule has 1 aromatic heterocycles. The number of aromatic nitrogens is 2. The van der Waals surface area contributed by atoms with Gasteiger partial charge in [0.1, 0.15) is 0 Å². The van der Waals surface area contributed by atoms with Gasteiger partial charge in [-0.15, -0.1) is 0 Å². The lowest BCUT2D eigenvalue weighted by atomic mass is 9.61. The number of aryl methyl sites for hydroxylation is 2. The van der Waals surface area contributed by atoms with Gasteiger partial charge >= 0.3 is 0 Å². The zero-order valence-corrected chi connectivity index (χ0v) is 17.2. The summed E-state index contributed by atoms with van der Waals surface area (Å²) < 4.78 is 1.60. The Balaban J connectivity index is 1.62. The van der Waals surface area contributed by atoms with Crippen LogP contribution in [0.15, 0.2) is 59.4 Å². The fourth-order valence-electron chi connectivity index (χ4n) is 5.48. The SMILES string of the molecule is NNc1nn(CCc2ccccc2)c(=O)c2c1-c1ccccc1C1(CCCCC1)C2. The molecular formula is C25H28N4O. The molecule has 1 fully saturated rings. The summed E-state index contributed by atoms with van der Waals surface area (Å²) in [6, 6.07) is 18.7. The Morgan fingerprint density at radius 2 is 1.73 bits per heavy atom. The maximum atomic E-state index is 13.6. The molecular weight excluding hydrogens is 372 g/mol. The molecule has 5 heteroatoms. The van der Waals surface area contributed by atoms with Crippen LogP contribution in [-0.2, 0) is 24.8 Å². The quantitative estimate of drug-likeness (QED) is 0.509. The molecule has 0 unspecified atom stereocenters. The van der Waals surface area contributed by atoms with Crippen molar-refractivity contribution in [2.75, 3.05) is 5.43 Å². The highest BCUT2D eigenvalue weighted by molar-refractivity contribution is 5.83. The monoisotopic (exact) mass is 400 g/mol. The molecule has 1 saturated carbocycles. The Morgan fingerprint density at radius 1 is 1.00 bits per heavy atom. The van der Waals surface area contributed by atoms with E-state index in [1.165, 1.54) is 30.4 Å². The summed E-state index contributed by atoms with van der Waals surface area (Å²) in [5, 5.41) is 4.62. The molecule has 5 nitrogen and oxygen atoms in total. The number of benzene rings is 2. The highest BCUT2D eigenvalue weighted by Crippen LogP contribution is 2.50. The average Bonchev–Trinajstić information content (AvgIpc) is 2.80. The molecule has 5 rings (SSSR count). The molecule has 30 heavy (non-hydrogen) atoms. The van der Waals surface area contributed by atoms with Crippen LogP contribution in [0, 0.1) is 0 Å². The zero-order valence-electron chi connectivity index (χ0n) is 17.2. The van der Waals surface area contributed by atoms with Crippen molar-refractivity contribution in [3.05, 3.63) is 81.6 Å². The van der Waals surface area contributed by atoms with Crippen molar-refractivity contribution in [1.29, 1.82) is 0 Å². The van der Waals surface area contributed by atoms with Crippen molar-refractivity contribution in [3.63, 3.8) is 0 Å². The van der Waals surface area contributed by atoms with Crippen LogP contribution in [0.25, 0.3) is 11.1 Å². The lowest BCUT2D eigenvalue weighted by Gasteiger charge is -2.43. The summed E-state index contributed by atoms with van der Waals surface area (Å²) >= 11 is 0. The predicted octanol–water partition coefficient (Wildman–Crippen LogP) is 4.20. The standard InChI is InChI=1S/C25H28N4O/c26-27-23-22-19-11-5-6-12-21(19)25(14-7-2-8-15-25)17-20(22)24(30)29(28-23)16-13-18-9-3-1-4-10-18/h1,3-6,9-12H,2,7-8,13-17,26H2,(H,27,28). The third-order valence-electron chi connectivity index (χ3n) is 6.94. The molecule has 1 spiro atoms. The van der Waals surface area contributed by atoms with Crippen LogP contribution in [-0.4, -0.2) is 9.78 Å². The van der Waals surface area contributed by atoms with Crippen LogP contribution >= 0.6 is 0 Å². The highest BCUT2D eigenvalue weighted by atomic mass is 16.1. The number of rotatable bonds is 4. The molecule has 0 amide bonds. The third kappa shape index (κ3) is 3.14. The van der Waals surface area contributed by atoms with E-state index in [9.17, 15) is 4.79 Å². The van der Waals surface area contributed by atoms with Gasteiger partial charge in [0.25, 0.3) is 5.56 Å². The maximum absolute atomic E-state index is 13.6. The predicted molar refractivity (Wildman–Crippen MR) is 120 cm³/mol. The molecule has 0 bridgehead atoms. The minimum absolute atomic E-state index is 0.0272. The molecule has 3 N–H and O–H groups in total. The second kappa shape index (κ2) is 7.73. The van der Waals surface area contributed by atoms with E-state index in [0.29, 0.717) is 12.4 Å². The molecule has 0 saturated heterocycles. The molecule has 154 valence electrons. The molecule has 0 radical (unpaired) electrons. The highest BCUT2D eigenvalue weighted by Gasteiger charge is 2.41. The average molecular weight is 401 g/mol. The summed E-state index contributed by atoms with van der Waals surface area (Å²) in [7, 11) is 0. The number of nitrogens with one attached hydrogen (secondary N) is 1. The van der Waals surface area contributed by atoms with Crippen LogP contribution in [0.1, 0.15) is 48.8 Å². The van der Waals surface area contributed by atoms with Gasteiger partial charge in [-0.2, -0.15) is 5.10 Å². The molecule has 0 atom stereocenters. The van der Waals surface area contributed by atoms with E-state index in [0.717, 1.165) is 42.4 Å². The van der Waals surface area contributed by atoms with E-state index in [2.05, 4.69) is 40.9 Å². The van der Waals surface area contributed by atoms with Gasteiger partial charge < -0.3 is 5.43 Å². The number of anilines is 1. The molecule has 2 aromatic carbocycles. The largest absolute Gasteiger partial charge is 0.307 e. The molecule has 2 aliphatic carbocycles. The van der Waals surface area contributed by atoms with E-state index in [-0.39, 0.29) is 11.0 Å². The van der Waals surface area contributed by atoms with Crippen LogP contribution in [0.3, 0.4) is 0 Å². The fourth-order valence-corrected chi connectivity index (χ4v) is 5.48. The number of nitrogen functional groups attached to an aromatic ring is 1. The van der Waals surface area contributed by atoms with Crippen molar-refractivity contribution in [3.8, 4) is 11.1 Å². The second-order valence-electron chi connectivity index (χ2n) is 8.67. The Kier molecular flexibility index (Phi) is 4.91. The van der Waals surface area contributed by atoms with Gasteiger partial charge in [-0.25, -0.2) is 10.5 Å². The number of hydrogen-bond acceptors (Lipinski definition) is 4. The summed E-state index contributed by atoms with van der Waals surface area (Å²) in [6.07, 6.45) is 7.54. The van der Waals surface area contributed by atoms with E-state index in [4.69, 9.17) is 5.84 Å². The smallest absolute Gasteiger partial charge is 0.270 e.